The van der Waals surface area contributed by atoms with Crippen molar-refractivity contribution in [3.8, 4) is 0 Å². The molecule has 1 fully saturated rings. The molecular formula is C19H25ClN4O. The van der Waals surface area contributed by atoms with Crippen molar-refractivity contribution in [1.29, 1.82) is 0 Å². The Morgan fingerprint density at radius 2 is 1.84 bits per heavy atom. The third kappa shape index (κ3) is 4.15. The summed E-state index contributed by atoms with van der Waals surface area (Å²) in [4.78, 5) is 16.8. The number of benzene rings is 1. The molecule has 1 saturated heterocycles. The number of hydrogen-bond donors (Lipinski definition) is 0. The number of halogens is 1. The lowest BCUT2D eigenvalue weighted by atomic mass is 10.1. The van der Waals surface area contributed by atoms with Crippen LogP contribution < -0.4 is 4.90 Å². The summed E-state index contributed by atoms with van der Waals surface area (Å²) < 4.78 is 1.92. The first-order valence-electron chi connectivity index (χ1n) is 8.74. The molecule has 0 atom stereocenters. The number of hydrogen-bond acceptors (Lipinski definition) is 3. The summed E-state index contributed by atoms with van der Waals surface area (Å²) in [6, 6.07) is 8.01. The van der Waals surface area contributed by atoms with E-state index in [-0.39, 0.29) is 5.91 Å². The molecule has 1 amide bonds. The highest BCUT2D eigenvalue weighted by Gasteiger charge is 2.22. The number of aromatic nitrogens is 2. The largest absolute Gasteiger partial charge is 0.368 e. The summed E-state index contributed by atoms with van der Waals surface area (Å²) in [6.07, 6.45) is 0.498. The van der Waals surface area contributed by atoms with E-state index >= 15 is 0 Å². The van der Waals surface area contributed by atoms with E-state index in [9.17, 15) is 4.79 Å². The van der Waals surface area contributed by atoms with Gasteiger partial charge in [-0.25, -0.2) is 0 Å². The van der Waals surface area contributed by atoms with E-state index in [0.717, 1.165) is 42.6 Å². The number of aryl methyl sites for hydroxylation is 4. The zero-order valence-electron chi connectivity index (χ0n) is 15.1. The molecule has 0 spiro atoms. The lowest BCUT2D eigenvalue weighted by Crippen LogP contribution is -2.49. The molecule has 5 nitrogen and oxygen atoms in total. The number of rotatable bonds is 4. The van der Waals surface area contributed by atoms with Gasteiger partial charge in [0.2, 0.25) is 5.91 Å². The first-order valence-corrected chi connectivity index (χ1v) is 9.12. The first kappa shape index (κ1) is 17.8. The zero-order valence-corrected chi connectivity index (χ0v) is 15.9. The molecule has 2 heterocycles. The van der Waals surface area contributed by atoms with Gasteiger partial charge < -0.3 is 9.80 Å². The number of amides is 1. The maximum atomic E-state index is 12.5. The molecule has 1 aliphatic rings. The summed E-state index contributed by atoms with van der Waals surface area (Å²) in [5.41, 5.74) is 4.48. The molecule has 0 unspecified atom stereocenters. The highest BCUT2D eigenvalue weighted by molar-refractivity contribution is 6.30. The molecule has 2 aromatic rings. The second-order valence-corrected chi connectivity index (χ2v) is 7.14. The highest BCUT2D eigenvalue weighted by atomic mass is 35.5. The molecule has 0 aliphatic carbocycles. The summed E-state index contributed by atoms with van der Waals surface area (Å²) in [5.74, 6) is 0.204. The van der Waals surface area contributed by atoms with Crippen LogP contribution >= 0.6 is 11.6 Å². The smallest absolute Gasteiger partial charge is 0.224 e. The average Bonchev–Trinajstić information content (AvgIpc) is 2.92. The first-order chi connectivity index (χ1) is 11.9. The van der Waals surface area contributed by atoms with E-state index in [1.807, 2.05) is 47.7 Å². The van der Waals surface area contributed by atoms with Gasteiger partial charge in [0.25, 0.3) is 0 Å². The van der Waals surface area contributed by atoms with Crippen LogP contribution in [0.4, 0.5) is 5.69 Å². The molecular weight excluding hydrogens is 336 g/mol. The Hall–Kier alpha value is -2.01. The van der Waals surface area contributed by atoms with Crippen LogP contribution in [-0.4, -0.2) is 46.8 Å². The minimum atomic E-state index is 0.204. The molecule has 0 N–H and O–H groups in total. The fourth-order valence-electron chi connectivity index (χ4n) is 3.38. The fraction of sp³-hybridized carbons (Fsp3) is 0.474. The second kappa shape index (κ2) is 7.48. The number of nitrogens with zero attached hydrogens (tertiary/aromatic N) is 4. The van der Waals surface area contributed by atoms with Gasteiger partial charge in [-0.15, -0.1) is 0 Å². The zero-order chi connectivity index (χ0) is 18.0. The molecule has 6 heteroatoms. The van der Waals surface area contributed by atoms with E-state index in [1.165, 1.54) is 11.3 Å². The number of piperazine rings is 1. The minimum absolute atomic E-state index is 0.204. The molecule has 134 valence electrons. The fourth-order valence-corrected chi connectivity index (χ4v) is 3.55. The Morgan fingerprint density at radius 1 is 1.12 bits per heavy atom. The SMILES string of the molecule is Cc1cc(C)n(CCC(=O)N2CCN(c3cc(Cl)ccc3C)CC2)n1. The molecule has 0 bridgehead atoms. The van der Waals surface area contributed by atoms with Gasteiger partial charge in [0.05, 0.1) is 5.69 Å². The molecule has 1 aliphatic heterocycles. The van der Waals surface area contributed by atoms with Crippen LogP contribution in [-0.2, 0) is 11.3 Å². The van der Waals surface area contributed by atoms with Gasteiger partial charge in [-0.1, -0.05) is 17.7 Å². The Labute approximate surface area is 154 Å². The summed E-state index contributed by atoms with van der Waals surface area (Å²) in [5, 5.41) is 5.18. The van der Waals surface area contributed by atoms with E-state index < -0.39 is 0 Å². The van der Waals surface area contributed by atoms with Crippen LogP contribution in [0.25, 0.3) is 0 Å². The average molecular weight is 361 g/mol. The van der Waals surface area contributed by atoms with Gasteiger partial charge in [0, 0.05) is 55.5 Å². The van der Waals surface area contributed by atoms with Crippen molar-refractivity contribution < 1.29 is 4.79 Å². The quantitative estimate of drug-likeness (QED) is 0.840. The van der Waals surface area contributed by atoms with Crippen LogP contribution in [0.2, 0.25) is 5.02 Å². The van der Waals surface area contributed by atoms with Gasteiger partial charge in [0.15, 0.2) is 0 Å². The summed E-state index contributed by atoms with van der Waals surface area (Å²) in [7, 11) is 0. The maximum Gasteiger partial charge on any atom is 0.224 e. The maximum absolute atomic E-state index is 12.5. The van der Waals surface area contributed by atoms with Crippen molar-refractivity contribution >= 4 is 23.2 Å². The summed E-state index contributed by atoms with van der Waals surface area (Å²) in [6.45, 7) is 9.92. The lowest BCUT2D eigenvalue weighted by Gasteiger charge is -2.37. The van der Waals surface area contributed by atoms with Crippen molar-refractivity contribution in [2.45, 2.75) is 33.7 Å². The van der Waals surface area contributed by atoms with Gasteiger partial charge in [-0.2, -0.15) is 5.10 Å². The van der Waals surface area contributed by atoms with Crippen LogP contribution in [0.5, 0.6) is 0 Å². The van der Waals surface area contributed by atoms with Crippen LogP contribution in [0.1, 0.15) is 23.4 Å². The van der Waals surface area contributed by atoms with E-state index in [1.54, 1.807) is 0 Å². The Bertz CT molecular complexity index is 763. The minimum Gasteiger partial charge on any atom is -0.368 e. The molecule has 3 rings (SSSR count). The van der Waals surface area contributed by atoms with Gasteiger partial charge in [0.1, 0.15) is 0 Å². The molecule has 0 saturated carbocycles. The number of carbonyl (C=O) groups is 1. The van der Waals surface area contributed by atoms with Crippen LogP contribution in [0.15, 0.2) is 24.3 Å². The summed E-state index contributed by atoms with van der Waals surface area (Å²) >= 11 is 6.13. The van der Waals surface area contributed by atoms with Gasteiger partial charge >= 0.3 is 0 Å². The van der Waals surface area contributed by atoms with E-state index in [2.05, 4.69) is 16.9 Å². The molecule has 1 aromatic carbocycles. The predicted octanol–water partition coefficient (Wildman–Crippen LogP) is 3.20. The topological polar surface area (TPSA) is 41.4 Å². The Kier molecular flexibility index (Phi) is 5.33. The monoisotopic (exact) mass is 360 g/mol. The van der Waals surface area contributed by atoms with Crippen LogP contribution in [0, 0.1) is 20.8 Å². The number of anilines is 1. The van der Waals surface area contributed by atoms with Crippen LogP contribution in [0.3, 0.4) is 0 Å². The number of carbonyl (C=O) groups excluding carboxylic acids is 1. The molecule has 1 aromatic heterocycles. The Morgan fingerprint density at radius 3 is 2.48 bits per heavy atom. The highest BCUT2D eigenvalue weighted by Crippen LogP contribution is 2.25. The van der Waals surface area contributed by atoms with Crippen molar-refractivity contribution in [2.75, 3.05) is 31.1 Å². The van der Waals surface area contributed by atoms with Crippen molar-refractivity contribution in [3.63, 3.8) is 0 Å². The predicted molar refractivity (Wildman–Crippen MR) is 101 cm³/mol. The van der Waals surface area contributed by atoms with Gasteiger partial charge in [-0.3, -0.25) is 9.48 Å². The van der Waals surface area contributed by atoms with E-state index in [0.29, 0.717) is 13.0 Å². The van der Waals surface area contributed by atoms with Crippen molar-refractivity contribution in [3.05, 3.63) is 46.2 Å². The molecule has 25 heavy (non-hydrogen) atoms. The van der Waals surface area contributed by atoms with Gasteiger partial charge in [-0.05, 0) is 44.5 Å². The van der Waals surface area contributed by atoms with Crippen molar-refractivity contribution in [1.82, 2.24) is 14.7 Å². The second-order valence-electron chi connectivity index (χ2n) is 6.70. The Balaban J connectivity index is 1.54. The molecule has 0 radical (unpaired) electrons. The third-order valence-corrected chi connectivity index (χ3v) is 5.02. The van der Waals surface area contributed by atoms with Crippen molar-refractivity contribution in [2.24, 2.45) is 0 Å². The lowest BCUT2D eigenvalue weighted by molar-refractivity contribution is -0.131. The normalized spacial score (nSPS) is 14.9. The standard InChI is InChI=1S/C19H25ClN4O/c1-14-4-5-17(20)13-18(14)22-8-10-23(11-9-22)19(25)6-7-24-16(3)12-15(2)21-24/h4-5,12-13H,6-11H2,1-3H3. The van der Waals surface area contributed by atoms with E-state index in [4.69, 9.17) is 11.6 Å². The third-order valence-electron chi connectivity index (χ3n) is 4.79.